The fourth-order valence-electron chi connectivity index (χ4n) is 2.75. The molecule has 1 fully saturated rings. The average molecular weight is 277 g/mol. The van der Waals surface area contributed by atoms with E-state index < -0.39 is 0 Å². The zero-order valence-electron chi connectivity index (χ0n) is 11.8. The topological polar surface area (TPSA) is 37.4 Å². The van der Waals surface area contributed by atoms with Gasteiger partial charge < -0.3 is 4.90 Å². The van der Waals surface area contributed by atoms with E-state index in [1.807, 2.05) is 4.90 Å². The van der Waals surface area contributed by atoms with Crippen LogP contribution in [0.15, 0.2) is 24.3 Å². The van der Waals surface area contributed by atoms with Crippen molar-refractivity contribution in [2.75, 3.05) is 6.54 Å². The van der Waals surface area contributed by atoms with Gasteiger partial charge in [0.2, 0.25) is 5.91 Å². The number of piperidine rings is 1. The van der Waals surface area contributed by atoms with Crippen molar-refractivity contribution in [1.82, 2.24) is 4.90 Å². The first kappa shape index (κ1) is 14.7. The third-order valence-corrected chi connectivity index (χ3v) is 3.74. The molecule has 2 rings (SSSR count). The number of hydrogen-bond donors (Lipinski definition) is 0. The van der Waals surface area contributed by atoms with E-state index in [9.17, 15) is 14.0 Å². The summed E-state index contributed by atoms with van der Waals surface area (Å²) in [4.78, 5) is 25.5. The zero-order chi connectivity index (χ0) is 14.5. The largest absolute Gasteiger partial charge is 0.339 e. The molecule has 1 aliphatic heterocycles. The Balaban J connectivity index is 2.01. The van der Waals surface area contributed by atoms with Crippen molar-refractivity contribution >= 4 is 11.7 Å². The molecule has 0 N–H and O–H groups in total. The molecule has 0 spiro atoms. The van der Waals surface area contributed by atoms with Crippen molar-refractivity contribution in [3.05, 3.63) is 35.6 Å². The number of amides is 1. The number of ketones is 1. The molecule has 1 unspecified atom stereocenters. The summed E-state index contributed by atoms with van der Waals surface area (Å²) in [6.07, 6.45) is 3.67. The molecule has 3 nitrogen and oxygen atoms in total. The number of carbonyl (C=O) groups excluding carboxylic acids is 2. The predicted molar refractivity (Wildman–Crippen MR) is 74.8 cm³/mol. The van der Waals surface area contributed by atoms with E-state index in [0.29, 0.717) is 6.42 Å². The number of rotatable bonds is 4. The lowest BCUT2D eigenvalue weighted by molar-refractivity contribution is -0.135. The Hall–Kier alpha value is -1.71. The average Bonchev–Trinajstić information content (AvgIpc) is 2.41. The summed E-state index contributed by atoms with van der Waals surface area (Å²) in [5.74, 6) is -0.146. The van der Waals surface area contributed by atoms with Crippen molar-refractivity contribution < 1.29 is 14.0 Å². The molecule has 1 amide bonds. The Kier molecular flexibility index (Phi) is 4.88. The summed E-state index contributed by atoms with van der Waals surface area (Å²) in [6.45, 7) is 2.29. The molecule has 0 saturated carbocycles. The fraction of sp³-hybridized carbons (Fsp3) is 0.500. The van der Waals surface area contributed by atoms with Gasteiger partial charge in [0.15, 0.2) is 0 Å². The molecule has 108 valence electrons. The monoisotopic (exact) mass is 277 g/mol. The lowest BCUT2D eigenvalue weighted by atomic mass is 9.97. The van der Waals surface area contributed by atoms with Crippen molar-refractivity contribution in [3.8, 4) is 0 Å². The number of nitrogens with zero attached hydrogens (tertiary/aromatic N) is 1. The Morgan fingerprint density at radius 2 is 1.95 bits per heavy atom. The van der Waals surface area contributed by atoms with E-state index >= 15 is 0 Å². The molecule has 0 radical (unpaired) electrons. The highest BCUT2D eigenvalue weighted by atomic mass is 19.1. The molecule has 4 heteroatoms. The van der Waals surface area contributed by atoms with Crippen LogP contribution in [0.5, 0.6) is 0 Å². The Bertz CT molecular complexity index is 484. The maximum absolute atomic E-state index is 12.9. The van der Waals surface area contributed by atoms with Crippen molar-refractivity contribution in [2.45, 2.75) is 45.1 Å². The van der Waals surface area contributed by atoms with E-state index in [-0.39, 0.29) is 30.0 Å². The van der Waals surface area contributed by atoms with E-state index in [1.165, 1.54) is 12.1 Å². The molecule has 1 aliphatic rings. The maximum Gasteiger partial charge on any atom is 0.227 e. The first-order valence-corrected chi connectivity index (χ1v) is 7.09. The minimum Gasteiger partial charge on any atom is -0.339 e. The molecular weight excluding hydrogens is 257 g/mol. The van der Waals surface area contributed by atoms with Crippen LogP contribution in [-0.2, 0) is 16.0 Å². The molecule has 0 bridgehead atoms. The van der Waals surface area contributed by atoms with Gasteiger partial charge in [-0.05, 0) is 43.9 Å². The molecule has 1 saturated heterocycles. The quantitative estimate of drug-likeness (QED) is 0.848. The van der Waals surface area contributed by atoms with Gasteiger partial charge in [-0.1, -0.05) is 12.1 Å². The van der Waals surface area contributed by atoms with Crippen molar-refractivity contribution in [2.24, 2.45) is 0 Å². The number of halogens is 1. The van der Waals surface area contributed by atoms with Gasteiger partial charge in [-0.3, -0.25) is 9.59 Å². The molecule has 1 atom stereocenters. The highest BCUT2D eigenvalue weighted by molar-refractivity contribution is 5.81. The Morgan fingerprint density at radius 3 is 2.60 bits per heavy atom. The van der Waals surface area contributed by atoms with Crippen LogP contribution >= 0.6 is 0 Å². The summed E-state index contributed by atoms with van der Waals surface area (Å²) in [7, 11) is 0. The Morgan fingerprint density at radius 1 is 1.25 bits per heavy atom. The first-order chi connectivity index (χ1) is 9.56. The van der Waals surface area contributed by atoms with E-state index in [2.05, 4.69) is 0 Å². The minimum atomic E-state index is -0.298. The van der Waals surface area contributed by atoms with Gasteiger partial charge in [-0.2, -0.15) is 0 Å². The van der Waals surface area contributed by atoms with Crippen LogP contribution in [0, 0.1) is 5.82 Å². The van der Waals surface area contributed by atoms with Gasteiger partial charge in [-0.25, -0.2) is 4.39 Å². The fourth-order valence-corrected chi connectivity index (χ4v) is 2.75. The van der Waals surface area contributed by atoms with Gasteiger partial charge in [0.1, 0.15) is 11.6 Å². The van der Waals surface area contributed by atoms with Crippen LogP contribution in [0.3, 0.4) is 0 Å². The summed E-state index contributed by atoms with van der Waals surface area (Å²) in [5.41, 5.74) is 0.809. The van der Waals surface area contributed by atoms with Crippen LogP contribution in [0.25, 0.3) is 0 Å². The van der Waals surface area contributed by atoms with Crippen LogP contribution in [0.1, 0.15) is 38.2 Å². The third-order valence-electron chi connectivity index (χ3n) is 3.74. The molecule has 1 aromatic rings. The number of hydrogen-bond acceptors (Lipinski definition) is 2. The first-order valence-electron chi connectivity index (χ1n) is 7.09. The zero-order valence-corrected chi connectivity index (χ0v) is 11.8. The van der Waals surface area contributed by atoms with E-state index in [4.69, 9.17) is 0 Å². The lowest BCUT2D eigenvalue weighted by Crippen LogP contribution is -2.45. The smallest absolute Gasteiger partial charge is 0.227 e. The molecule has 0 aliphatic carbocycles. The number of carbonyl (C=O) groups is 2. The second-order valence-electron chi connectivity index (χ2n) is 5.45. The highest BCUT2D eigenvalue weighted by Crippen LogP contribution is 2.21. The summed E-state index contributed by atoms with van der Waals surface area (Å²) in [5, 5.41) is 0. The van der Waals surface area contributed by atoms with Crippen LogP contribution in [-0.4, -0.2) is 29.2 Å². The third kappa shape index (κ3) is 3.89. The number of likely N-dealkylation sites (tertiary alicyclic amines) is 1. The standard InChI is InChI=1S/C16H20FNO2/c1-12(19)10-15-4-2-3-9-18(15)16(20)11-13-5-7-14(17)8-6-13/h5-8,15H,2-4,9-11H2,1H3. The molecular formula is C16H20FNO2. The van der Waals surface area contributed by atoms with Crippen LogP contribution in [0.2, 0.25) is 0 Å². The van der Waals surface area contributed by atoms with Gasteiger partial charge in [0.05, 0.1) is 6.42 Å². The van der Waals surface area contributed by atoms with Gasteiger partial charge in [0.25, 0.3) is 0 Å². The van der Waals surface area contributed by atoms with Gasteiger partial charge in [0, 0.05) is 19.0 Å². The predicted octanol–water partition coefficient (Wildman–Crippen LogP) is 2.73. The number of Topliss-reactive ketones (excluding diaryl/α,β-unsaturated/α-hetero) is 1. The molecule has 1 aromatic carbocycles. The Labute approximate surface area is 118 Å². The maximum atomic E-state index is 12.9. The van der Waals surface area contributed by atoms with E-state index in [0.717, 1.165) is 31.4 Å². The van der Waals surface area contributed by atoms with Crippen molar-refractivity contribution in [1.29, 1.82) is 0 Å². The second kappa shape index (κ2) is 6.64. The van der Waals surface area contributed by atoms with Gasteiger partial charge in [-0.15, -0.1) is 0 Å². The van der Waals surface area contributed by atoms with Gasteiger partial charge >= 0.3 is 0 Å². The SMILES string of the molecule is CC(=O)CC1CCCCN1C(=O)Cc1ccc(F)cc1. The summed E-state index contributed by atoms with van der Waals surface area (Å²) in [6, 6.07) is 6.04. The summed E-state index contributed by atoms with van der Waals surface area (Å²) >= 11 is 0. The molecule has 0 aromatic heterocycles. The molecule has 20 heavy (non-hydrogen) atoms. The minimum absolute atomic E-state index is 0.0301. The number of benzene rings is 1. The second-order valence-corrected chi connectivity index (χ2v) is 5.45. The van der Waals surface area contributed by atoms with E-state index in [1.54, 1.807) is 19.1 Å². The van der Waals surface area contributed by atoms with Crippen molar-refractivity contribution in [3.63, 3.8) is 0 Å². The molecule has 1 heterocycles. The lowest BCUT2D eigenvalue weighted by Gasteiger charge is -2.35. The van der Waals surface area contributed by atoms with Crippen LogP contribution < -0.4 is 0 Å². The highest BCUT2D eigenvalue weighted by Gasteiger charge is 2.27. The summed E-state index contributed by atoms with van der Waals surface area (Å²) < 4.78 is 12.9. The normalized spacial score (nSPS) is 18.9. The van der Waals surface area contributed by atoms with Crippen LogP contribution in [0.4, 0.5) is 4.39 Å².